The second-order valence-corrected chi connectivity index (χ2v) is 7.50. The smallest absolute Gasteiger partial charge is 0.311 e. The first-order chi connectivity index (χ1) is 15.8. The van der Waals surface area contributed by atoms with Crippen LogP contribution in [-0.2, 0) is 19.1 Å². The molecule has 1 aliphatic heterocycles. The molecule has 1 aliphatic rings. The van der Waals surface area contributed by atoms with Crippen molar-refractivity contribution in [2.45, 2.75) is 6.42 Å². The zero-order valence-corrected chi connectivity index (χ0v) is 18.7. The van der Waals surface area contributed by atoms with Crippen LogP contribution in [0.15, 0.2) is 42.5 Å². The lowest BCUT2D eigenvalue weighted by atomic mass is 10.1. The fraction of sp³-hybridized carbons (Fsp3) is 0.273. The highest BCUT2D eigenvalue weighted by atomic mass is 35.5. The van der Waals surface area contributed by atoms with Crippen LogP contribution < -0.4 is 25.2 Å². The van der Waals surface area contributed by atoms with Gasteiger partial charge in [-0.05, 0) is 36.4 Å². The van der Waals surface area contributed by atoms with Crippen LogP contribution in [0.3, 0.4) is 0 Å². The van der Waals surface area contributed by atoms with E-state index < -0.39 is 30.3 Å². The van der Waals surface area contributed by atoms with Gasteiger partial charge in [0.15, 0.2) is 6.61 Å². The average molecular weight is 476 g/mol. The summed E-state index contributed by atoms with van der Waals surface area (Å²) in [6.07, 6.45) is -0.0753. The molecule has 11 heteroatoms. The normalized spacial score (nSPS) is 15.1. The number of halogens is 1. The molecule has 3 amide bonds. The Morgan fingerprint density at radius 1 is 1.06 bits per heavy atom. The van der Waals surface area contributed by atoms with E-state index in [4.69, 9.17) is 25.8 Å². The number of nitrogens with one attached hydrogen (secondary N) is 2. The van der Waals surface area contributed by atoms with E-state index in [0.29, 0.717) is 22.2 Å². The molecule has 33 heavy (non-hydrogen) atoms. The predicted octanol–water partition coefficient (Wildman–Crippen LogP) is 1.71. The summed E-state index contributed by atoms with van der Waals surface area (Å²) in [5.41, 5.74) is 5.12. The third-order valence-electron chi connectivity index (χ3n) is 4.90. The van der Waals surface area contributed by atoms with Crippen molar-refractivity contribution in [3.05, 3.63) is 53.1 Å². The Morgan fingerprint density at radius 2 is 1.79 bits per heavy atom. The Kier molecular flexibility index (Phi) is 7.73. The molecule has 0 radical (unpaired) electrons. The van der Waals surface area contributed by atoms with E-state index in [9.17, 15) is 19.2 Å². The van der Waals surface area contributed by atoms with Gasteiger partial charge in [-0.25, -0.2) is 0 Å². The third-order valence-corrected chi connectivity index (χ3v) is 5.15. The molecule has 0 saturated carbocycles. The lowest BCUT2D eigenvalue weighted by Gasteiger charge is -2.20. The molecule has 10 nitrogen and oxygen atoms in total. The highest BCUT2D eigenvalue weighted by Gasteiger charge is 2.37. The number of hydrogen-bond acceptors (Lipinski definition) is 7. The first-order valence-electron chi connectivity index (χ1n) is 9.86. The number of esters is 1. The summed E-state index contributed by atoms with van der Waals surface area (Å²) >= 11 is 5.76. The van der Waals surface area contributed by atoms with E-state index in [-0.39, 0.29) is 24.4 Å². The SMILES string of the molecule is COc1ccc(OC)c(N2C[C@@H](C(=O)OCC(=O)NNC(=O)c3ccc(Cl)cc3)CC2=O)c1. The fourth-order valence-electron chi connectivity index (χ4n) is 3.20. The Morgan fingerprint density at radius 3 is 2.45 bits per heavy atom. The van der Waals surface area contributed by atoms with Crippen molar-refractivity contribution in [2.75, 3.05) is 32.3 Å². The average Bonchev–Trinajstić information content (AvgIpc) is 3.22. The van der Waals surface area contributed by atoms with Gasteiger partial charge in [0.1, 0.15) is 11.5 Å². The van der Waals surface area contributed by atoms with Crippen LogP contribution in [0.5, 0.6) is 11.5 Å². The number of anilines is 1. The van der Waals surface area contributed by atoms with Crippen molar-refractivity contribution >= 4 is 41.0 Å². The van der Waals surface area contributed by atoms with Gasteiger partial charge in [0.25, 0.3) is 11.8 Å². The molecule has 2 aromatic rings. The quantitative estimate of drug-likeness (QED) is 0.461. The summed E-state index contributed by atoms with van der Waals surface area (Å²) < 4.78 is 15.5. The Hall–Kier alpha value is -3.79. The van der Waals surface area contributed by atoms with E-state index in [0.717, 1.165) is 0 Å². The molecule has 1 fully saturated rings. The van der Waals surface area contributed by atoms with Crippen LogP contribution in [0.4, 0.5) is 5.69 Å². The first-order valence-corrected chi connectivity index (χ1v) is 10.2. The van der Waals surface area contributed by atoms with Crippen LogP contribution in [0.25, 0.3) is 0 Å². The van der Waals surface area contributed by atoms with E-state index >= 15 is 0 Å². The maximum atomic E-state index is 12.5. The Labute approximate surface area is 194 Å². The summed E-state index contributed by atoms with van der Waals surface area (Å²) in [5, 5.41) is 0.469. The fourth-order valence-corrected chi connectivity index (χ4v) is 3.32. The van der Waals surface area contributed by atoms with Crippen molar-refractivity contribution in [1.29, 1.82) is 0 Å². The second-order valence-electron chi connectivity index (χ2n) is 7.06. The van der Waals surface area contributed by atoms with Gasteiger partial charge in [0, 0.05) is 29.6 Å². The molecule has 0 spiro atoms. The minimum atomic E-state index is -0.759. The van der Waals surface area contributed by atoms with Gasteiger partial charge in [0.2, 0.25) is 5.91 Å². The van der Waals surface area contributed by atoms with Crippen LogP contribution in [0.2, 0.25) is 5.02 Å². The number of ether oxygens (including phenoxy) is 3. The molecule has 174 valence electrons. The minimum absolute atomic E-state index is 0.0656. The highest BCUT2D eigenvalue weighted by Crippen LogP contribution is 2.36. The summed E-state index contributed by atoms with van der Waals surface area (Å²) in [7, 11) is 2.97. The van der Waals surface area contributed by atoms with Crippen LogP contribution >= 0.6 is 11.6 Å². The molecule has 1 atom stereocenters. The van der Waals surface area contributed by atoms with Crippen molar-refractivity contribution in [3.8, 4) is 11.5 Å². The zero-order chi connectivity index (χ0) is 24.0. The van der Waals surface area contributed by atoms with Gasteiger partial charge < -0.3 is 19.1 Å². The van der Waals surface area contributed by atoms with Crippen molar-refractivity contribution < 1.29 is 33.4 Å². The molecule has 1 heterocycles. The summed E-state index contributed by atoms with van der Waals surface area (Å²) in [5.74, 6) is -2.06. The van der Waals surface area contributed by atoms with Crippen molar-refractivity contribution in [3.63, 3.8) is 0 Å². The number of amides is 3. The largest absolute Gasteiger partial charge is 0.497 e. The van der Waals surface area contributed by atoms with Gasteiger partial charge in [-0.2, -0.15) is 0 Å². The molecular formula is C22H22ClN3O7. The zero-order valence-electron chi connectivity index (χ0n) is 17.9. The number of benzene rings is 2. The molecular weight excluding hydrogens is 454 g/mol. The molecule has 0 unspecified atom stereocenters. The molecule has 0 bridgehead atoms. The Bertz CT molecular complexity index is 1060. The number of hydrogen-bond donors (Lipinski definition) is 2. The molecule has 0 aliphatic carbocycles. The number of methoxy groups -OCH3 is 2. The van der Waals surface area contributed by atoms with Crippen molar-refractivity contribution in [1.82, 2.24) is 10.9 Å². The maximum absolute atomic E-state index is 12.5. The summed E-state index contributed by atoms with van der Waals surface area (Å²) in [4.78, 5) is 50.2. The molecule has 2 N–H and O–H groups in total. The maximum Gasteiger partial charge on any atom is 0.311 e. The third kappa shape index (κ3) is 5.92. The van der Waals surface area contributed by atoms with E-state index in [1.54, 1.807) is 18.2 Å². The first kappa shape index (κ1) is 23.9. The number of rotatable bonds is 7. The van der Waals surface area contributed by atoms with Gasteiger partial charge in [-0.15, -0.1) is 0 Å². The van der Waals surface area contributed by atoms with Crippen LogP contribution in [-0.4, -0.2) is 51.1 Å². The lowest BCUT2D eigenvalue weighted by molar-refractivity contribution is -0.152. The van der Waals surface area contributed by atoms with Gasteiger partial charge in [-0.3, -0.25) is 30.0 Å². The lowest BCUT2D eigenvalue weighted by Crippen LogP contribution is -2.43. The van der Waals surface area contributed by atoms with E-state index in [1.807, 2.05) is 0 Å². The van der Waals surface area contributed by atoms with Gasteiger partial charge >= 0.3 is 5.97 Å². The van der Waals surface area contributed by atoms with Crippen molar-refractivity contribution in [2.24, 2.45) is 5.92 Å². The standard InChI is InChI=1S/C22H22ClN3O7/c1-31-16-7-8-18(32-2)17(10-16)26-11-14(9-20(26)28)22(30)33-12-19(27)24-25-21(29)13-3-5-15(23)6-4-13/h3-8,10,14H,9,11-12H2,1-2H3,(H,24,27)(H,25,29)/t14-/m0/s1. The predicted molar refractivity (Wildman–Crippen MR) is 118 cm³/mol. The number of carbonyl (C=O) groups excluding carboxylic acids is 4. The molecule has 0 aromatic heterocycles. The van der Waals surface area contributed by atoms with Gasteiger partial charge in [-0.1, -0.05) is 11.6 Å². The number of hydrazine groups is 1. The second kappa shape index (κ2) is 10.7. The molecule has 2 aromatic carbocycles. The van der Waals surface area contributed by atoms with E-state index in [2.05, 4.69) is 10.9 Å². The van der Waals surface area contributed by atoms with Gasteiger partial charge in [0.05, 0.1) is 25.8 Å². The summed E-state index contributed by atoms with van der Waals surface area (Å²) in [6.45, 7) is -0.553. The molecule has 3 rings (SSSR count). The number of nitrogens with zero attached hydrogens (tertiary/aromatic N) is 1. The summed E-state index contributed by atoms with van der Waals surface area (Å²) in [6, 6.07) is 11.0. The monoisotopic (exact) mass is 475 g/mol. The highest BCUT2D eigenvalue weighted by molar-refractivity contribution is 6.30. The van der Waals surface area contributed by atoms with Crippen LogP contribution in [0, 0.1) is 5.92 Å². The Balaban J connectivity index is 1.51. The number of carbonyl (C=O) groups is 4. The van der Waals surface area contributed by atoms with E-state index in [1.165, 1.54) is 43.4 Å². The molecule has 1 saturated heterocycles. The van der Waals surface area contributed by atoms with Crippen LogP contribution in [0.1, 0.15) is 16.8 Å². The topological polar surface area (TPSA) is 123 Å². The minimum Gasteiger partial charge on any atom is -0.497 e.